The van der Waals surface area contributed by atoms with Crippen molar-refractivity contribution in [3.63, 3.8) is 0 Å². The number of rotatable bonds is 7. The van der Waals surface area contributed by atoms with Crippen LogP contribution in [0, 0.1) is 0 Å². The summed E-state index contributed by atoms with van der Waals surface area (Å²) in [7, 11) is 0. The fourth-order valence-electron chi connectivity index (χ4n) is 3.02. The van der Waals surface area contributed by atoms with Crippen LogP contribution < -0.4 is 10.9 Å². The average Bonchev–Trinajstić information content (AvgIpc) is 2.75. The van der Waals surface area contributed by atoms with Gasteiger partial charge in [-0.3, -0.25) is 9.59 Å². The Labute approximate surface area is 186 Å². The van der Waals surface area contributed by atoms with E-state index in [9.17, 15) is 23.5 Å². The lowest BCUT2D eigenvalue weighted by Gasteiger charge is -2.27. The minimum Gasteiger partial charge on any atom is -0.389 e. The first-order chi connectivity index (χ1) is 15.2. The topological polar surface area (TPSA) is 104 Å². The summed E-state index contributed by atoms with van der Waals surface area (Å²) >= 11 is 0. The maximum Gasteiger partial charge on any atom is 0.262 e. The number of amides is 1. The van der Waals surface area contributed by atoms with Crippen molar-refractivity contribution in [3.05, 3.63) is 69.3 Å². The fourth-order valence-corrected chi connectivity index (χ4v) is 3.02. The van der Waals surface area contributed by atoms with Gasteiger partial charge >= 0.3 is 0 Å². The number of hydrogen-bond donors (Lipinski definition) is 3. The zero-order valence-electron chi connectivity index (χ0n) is 18.9. The Kier molecular flexibility index (Phi) is 11.4. The van der Waals surface area contributed by atoms with Crippen LogP contribution in [-0.4, -0.2) is 47.6 Å². The highest BCUT2D eigenvalue weighted by atomic mass is 19.1. The van der Waals surface area contributed by atoms with Crippen LogP contribution in [0.5, 0.6) is 0 Å². The molecule has 176 valence electrons. The molecule has 2 atom stereocenters. The number of carbonyl (C=O) groups is 1. The first kappa shape index (κ1) is 27.1. The molecule has 7 nitrogen and oxygen atoms in total. The number of hydrogen-bond acceptors (Lipinski definition) is 5. The lowest BCUT2D eigenvalue weighted by Crippen LogP contribution is -2.49. The number of aliphatic hydroxyl groups is 1. The summed E-state index contributed by atoms with van der Waals surface area (Å²) < 4.78 is 33.6. The highest BCUT2D eigenvalue weighted by molar-refractivity contribution is 6.26. The number of H-pyrrole nitrogens is 1. The Bertz CT molecular complexity index is 922. The molecule has 1 aromatic rings. The molecule has 1 aliphatic heterocycles. The van der Waals surface area contributed by atoms with E-state index < -0.39 is 29.7 Å². The van der Waals surface area contributed by atoms with Gasteiger partial charge in [-0.15, -0.1) is 0 Å². The van der Waals surface area contributed by atoms with Crippen LogP contribution in [0.15, 0.2) is 63.2 Å². The smallest absolute Gasteiger partial charge is 0.262 e. The third kappa shape index (κ3) is 8.32. The molecule has 0 spiro atoms. The van der Waals surface area contributed by atoms with Gasteiger partial charge in [-0.25, -0.2) is 13.8 Å². The van der Waals surface area contributed by atoms with Crippen molar-refractivity contribution in [3.8, 4) is 0 Å². The van der Waals surface area contributed by atoms with Gasteiger partial charge in [-0.2, -0.15) is 0 Å². The summed E-state index contributed by atoms with van der Waals surface area (Å²) in [6.07, 6.45) is 2.02. The monoisotopic (exact) mass is 451 g/mol. The van der Waals surface area contributed by atoms with E-state index in [0.717, 1.165) is 20.1 Å². The van der Waals surface area contributed by atoms with Crippen LogP contribution in [0.3, 0.4) is 0 Å². The number of aliphatic hydroxyl groups excluding tert-OH is 1. The Hall–Kier alpha value is -2.91. The normalized spacial score (nSPS) is 20.0. The highest BCUT2D eigenvalue weighted by Gasteiger charge is 2.25. The molecule has 1 saturated heterocycles. The SMILES string of the molecule is C=C(Cc1ccc(=O)[nH]c1)C(/C(N=CC(=O)NC1CCOCC1O)=C(\C)F)=C(/C)F.CC. The van der Waals surface area contributed by atoms with E-state index in [2.05, 4.69) is 21.9 Å². The first-order valence-corrected chi connectivity index (χ1v) is 10.4. The molecule has 0 saturated carbocycles. The van der Waals surface area contributed by atoms with Gasteiger partial charge in [0.2, 0.25) is 5.56 Å². The molecule has 2 heterocycles. The maximum absolute atomic E-state index is 14.3. The van der Waals surface area contributed by atoms with Crippen molar-refractivity contribution in [2.75, 3.05) is 13.2 Å². The quantitative estimate of drug-likeness (QED) is 0.437. The minimum absolute atomic E-state index is 0.106. The molecular formula is C23H31F2N3O4. The van der Waals surface area contributed by atoms with E-state index in [1.54, 1.807) is 6.07 Å². The number of nitrogens with zero attached hydrogens (tertiary/aromatic N) is 1. The zero-order valence-corrected chi connectivity index (χ0v) is 18.9. The van der Waals surface area contributed by atoms with Crippen molar-refractivity contribution in [2.45, 2.75) is 52.7 Å². The summed E-state index contributed by atoms with van der Waals surface area (Å²) in [5.74, 6) is -2.16. The lowest BCUT2D eigenvalue weighted by atomic mass is 9.97. The molecule has 1 aliphatic rings. The summed E-state index contributed by atoms with van der Waals surface area (Å²) in [6, 6.07) is 2.36. The second-order valence-corrected chi connectivity index (χ2v) is 6.94. The number of aromatic nitrogens is 1. The van der Waals surface area contributed by atoms with Crippen molar-refractivity contribution in [1.29, 1.82) is 0 Å². The molecule has 0 aromatic carbocycles. The molecule has 1 amide bonds. The van der Waals surface area contributed by atoms with E-state index in [1.165, 1.54) is 12.3 Å². The largest absolute Gasteiger partial charge is 0.389 e. The van der Waals surface area contributed by atoms with Gasteiger partial charge in [-0.1, -0.05) is 26.5 Å². The van der Waals surface area contributed by atoms with E-state index in [0.29, 0.717) is 18.6 Å². The summed E-state index contributed by atoms with van der Waals surface area (Å²) in [6.45, 7) is 10.6. The number of ether oxygens (including phenoxy) is 1. The van der Waals surface area contributed by atoms with Crippen LogP contribution in [0.25, 0.3) is 0 Å². The number of allylic oxidation sites excluding steroid dienone is 3. The maximum atomic E-state index is 14.3. The molecule has 1 fully saturated rings. The summed E-state index contributed by atoms with van der Waals surface area (Å²) in [4.78, 5) is 29.7. The molecule has 1 aromatic heterocycles. The number of halogens is 2. The molecule has 0 radical (unpaired) electrons. The molecule has 0 aliphatic carbocycles. The van der Waals surface area contributed by atoms with E-state index >= 15 is 0 Å². The van der Waals surface area contributed by atoms with Crippen LogP contribution in [0.1, 0.15) is 39.7 Å². The molecular weight excluding hydrogens is 420 g/mol. The Morgan fingerprint density at radius 3 is 2.56 bits per heavy atom. The zero-order chi connectivity index (χ0) is 24.3. The summed E-state index contributed by atoms with van der Waals surface area (Å²) in [5.41, 5.74) is 0.0756. The van der Waals surface area contributed by atoms with Crippen LogP contribution in [0.4, 0.5) is 8.78 Å². The summed E-state index contributed by atoms with van der Waals surface area (Å²) in [5, 5.41) is 12.4. The van der Waals surface area contributed by atoms with Crippen molar-refractivity contribution >= 4 is 12.1 Å². The fraction of sp³-hybridized carbons (Fsp3) is 0.435. The number of carbonyl (C=O) groups excluding carboxylic acids is 1. The second kappa shape index (κ2) is 13.5. The average molecular weight is 452 g/mol. The molecule has 32 heavy (non-hydrogen) atoms. The Balaban J connectivity index is 0.00000249. The second-order valence-electron chi connectivity index (χ2n) is 6.94. The van der Waals surface area contributed by atoms with Crippen LogP contribution in [0.2, 0.25) is 0 Å². The predicted molar refractivity (Wildman–Crippen MR) is 121 cm³/mol. The van der Waals surface area contributed by atoms with Gasteiger partial charge in [0.15, 0.2) is 0 Å². The third-order valence-electron chi connectivity index (χ3n) is 4.49. The number of aliphatic imine (C=N–C) groups is 1. The molecule has 2 rings (SSSR count). The standard InChI is InChI=1S/C21H25F2N3O4.C2H6/c1-12(8-15-4-5-18(28)24-9-15)20(13(2)22)21(14(3)23)25-10-19(29)26-16-6-7-30-11-17(16)27;1-2/h4-5,9-10,16-17,27H,1,6-8,11H2,2-3H3,(H,24,28)(H,26,29);1-2H3/b20-13+,21-14-,25-10?;. The van der Waals surface area contributed by atoms with Gasteiger partial charge < -0.3 is 20.1 Å². The number of aromatic amines is 1. The van der Waals surface area contributed by atoms with Gasteiger partial charge in [0, 0.05) is 24.4 Å². The molecule has 3 N–H and O–H groups in total. The van der Waals surface area contributed by atoms with Crippen molar-refractivity contribution in [1.82, 2.24) is 10.3 Å². The Morgan fingerprint density at radius 2 is 2.03 bits per heavy atom. The van der Waals surface area contributed by atoms with Gasteiger partial charge in [0.05, 0.1) is 25.0 Å². The molecule has 2 unspecified atom stereocenters. The molecule has 9 heteroatoms. The van der Waals surface area contributed by atoms with Crippen LogP contribution >= 0.6 is 0 Å². The predicted octanol–water partition coefficient (Wildman–Crippen LogP) is 3.28. The molecule has 0 bridgehead atoms. The highest BCUT2D eigenvalue weighted by Crippen LogP contribution is 2.29. The van der Waals surface area contributed by atoms with Crippen LogP contribution in [-0.2, 0) is 16.0 Å². The first-order valence-electron chi connectivity index (χ1n) is 10.4. The lowest BCUT2D eigenvalue weighted by molar-refractivity contribution is -0.117. The van der Waals surface area contributed by atoms with Gasteiger partial charge in [0.25, 0.3) is 5.91 Å². The van der Waals surface area contributed by atoms with Gasteiger partial charge in [0.1, 0.15) is 17.4 Å². The van der Waals surface area contributed by atoms with E-state index in [-0.39, 0.29) is 35.4 Å². The minimum atomic E-state index is -0.852. The third-order valence-corrected chi connectivity index (χ3v) is 4.49. The van der Waals surface area contributed by atoms with E-state index in [1.807, 2.05) is 13.8 Å². The van der Waals surface area contributed by atoms with E-state index in [4.69, 9.17) is 4.74 Å². The number of nitrogens with one attached hydrogen (secondary N) is 2. The Morgan fingerprint density at radius 1 is 1.34 bits per heavy atom. The van der Waals surface area contributed by atoms with Gasteiger partial charge in [-0.05, 0) is 37.8 Å². The van der Waals surface area contributed by atoms with Crippen molar-refractivity contribution in [2.24, 2.45) is 4.99 Å². The number of pyridine rings is 1. The van der Waals surface area contributed by atoms with Crippen molar-refractivity contribution < 1.29 is 23.4 Å².